The van der Waals surface area contributed by atoms with Crippen LogP contribution < -0.4 is 0 Å². The first-order valence-electron chi connectivity index (χ1n) is 5.91. The predicted molar refractivity (Wildman–Crippen MR) is 74.5 cm³/mol. The van der Waals surface area contributed by atoms with E-state index in [1.165, 1.54) is 0 Å². The Morgan fingerprint density at radius 3 is 2.24 bits per heavy atom. The molecule has 17 heavy (non-hydrogen) atoms. The van der Waals surface area contributed by atoms with Crippen LogP contribution >= 0.6 is 11.6 Å². The van der Waals surface area contributed by atoms with Crippen LogP contribution in [-0.4, -0.2) is 15.2 Å². The van der Waals surface area contributed by atoms with Crippen LogP contribution in [0, 0.1) is 5.92 Å². The van der Waals surface area contributed by atoms with Crippen molar-refractivity contribution in [3.8, 4) is 0 Å². The van der Waals surface area contributed by atoms with E-state index in [9.17, 15) is 0 Å². The third-order valence-electron chi connectivity index (χ3n) is 2.26. The Morgan fingerprint density at radius 2 is 1.71 bits per heavy atom. The Morgan fingerprint density at radius 1 is 1.12 bits per heavy atom. The van der Waals surface area contributed by atoms with E-state index in [4.69, 9.17) is 20.5 Å². The molecule has 0 N–H and O–H groups in total. The SMILES string of the molecule is CC(C)CO[Si](C)(C)OCc1ccc(Cl)cc1. The van der Waals surface area contributed by atoms with Crippen LogP contribution in [0.25, 0.3) is 0 Å². The maximum atomic E-state index is 5.88. The number of hydrogen-bond donors (Lipinski definition) is 0. The van der Waals surface area contributed by atoms with Gasteiger partial charge in [-0.25, -0.2) is 0 Å². The Bertz CT molecular complexity index is 336. The second-order valence-corrected chi connectivity index (χ2v) is 8.83. The fourth-order valence-electron chi connectivity index (χ4n) is 1.25. The molecule has 1 aromatic carbocycles. The van der Waals surface area contributed by atoms with Gasteiger partial charge in [0.15, 0.2) is 0 Å². The van der Waals surface area contributed by atoms with Crippen LogP contribution in [-0.2, 0) is 15.5 Å². The van der Waals surface area contributed by atoms with Gasteiger partial charge in [0, 0.05) is 11.6 Å². The molecule has 0 aliphatic rings. The van der Waals surface area contributed by atoms with Crippen molar-refractivity contribution in [3.63, 3.8) is 0 Å². The van der Waals surface area contributed by atoms with Gasteiger partial charge in [0.25, 0.3) is 0 Å². The minimum atomic E-state index is -2.00. The highest BCUT2D eigenvalue weighted by Gasteiger charge is 2.24. The summed E-state index contributed by atoms with van der Waals surface area (Å²) in [5, 5.41) is 0.751. The van der Waals surface area contributed by atoms with E-state index in [2.05, 4.69) is 26.9 Å². The Labute approximate surface area is 110 Å². The smallest absolute Gasteiger partial charge is 0.332 e. The number of rotatable bonds is 6. The van der Waals surface area contributed by atoms with E-state index >= 15 is 0 Å². The molecule has 96 valence electrons. The molecular formula is C13H21ClO2Si. The van der Waals surface area contributed by atoms with Crippen molar-refractivity contribution >= 4 is 20.2 Å². The highest BCUT2D eigenvalue weighted by Crippen LogP contribution is 2.14. The zero-order chi connectivity index (χ0) is 12.9. The van der Waals surface area contributed by atoms with Crippen LogP contribution in [0.15, 0.2) is 24.3 Å². The molecule has 0 aromatic heterocycles. The molecule has 0 atom stereocenters. The van der Waals surface area contributed by atoms with Gasteiger partial charge in [0.2, 0.25) is 0 Å². The molecule has 1 rings (SSSR count). The zero-order valence-electron chi connectivity index (χ0n) is 11.0. The predicted octanol–water partition coefficient (Wildman–Crippen LogP) is 4.23. The molecule has 0 unspecified atom stereocenters. The lowest BCUT2D eigenvalue weighted by atomic mass is 10.2. The zero-order valence-corrected chi connectivity index (χ0v) is 12.8. The summed E-state index contributed by atoms with van der Waals surface area (Å²) in [6.45, 7) is 9.79. The largest absolute Gasteiger partial charge is 0.394 e. The first-order valence-corrected chi connectivity index (χ1v) is 9.11. The van der Waals surface area contributed by atoms with Gasteiger partial charge in [-0.05, 0) is 36.7 Å². The van der Waals surface area contributed by atoms with E-state index in [0.29, 0.717) is 12.5 Å². The van der Waals surface area contributed by atoms with Crippen molar-refractivity contribution in [1.82, 2.24) is 0 Å². The summed E-state index contributed by atoms with van der Waals surface area (Å²) in [6, 6.07) is 7.72. The van der Waals surface area contributed by atoms with E-state index in [-0.39, 0.29) is 0 Å². The maximum absolute atomic E-state index is 5.88. The first-order chi connectivity index (χ1) is 7.89. The van der Waals surface area contributed by atoms with E-state index in [1.54, 1.807) is 0 Å². The normalized spacial score (nSPS) is 12.1. The third-order valence-corrected chi connectivity index (χ3v) is 4.22. The first kappa shape index (κ1) is 14.7. The van der Waals surface area contributed by atoms with Gasteiger partial charge in [0.1, 0.15) is 0 Å². The van der Waals surface area contributed by atoms with Gasteiger partial charge in [-0.1, -0.05) is 37.6 Å². The topological polar surface area (TPSA) is 18.5 Å². The highest BCUT2D eigenvalue weighted by atomic mass is 35.5. The summed E-state index contributed by atoms with van der Waals surface area (Å²) in [7, 11) is -2.00. The molecule has 0 saturated carbocycles. The standard InChI is InChI=1S/C13H21ClO2Si/c1-11(2)9-15-17(3,4)16-10-12-5-7-13(14)8-6-12/h5-8,11H,9-10H2,1-4H3. The van der Waals surface area contributed by atoms with Crippen molar-refractivity contribution in [2.24, 2.45) is 5.92 Å². The number of benzene rings is 1. The summed E-state index contributed by atoms with van der Waals surface area (Å²) in [5.74, 6) is 0.543. The van der Waals surface area contributed by atoms with Crippen LogP contribution in [0.2, 0.25) is 18.1 Å². The Balaban J connectivity index is 2.40. The molecule has 0 amide bonds. The Kier molecular flexibility index (Phi) is 5.66. The minimum Gasteiger partial charge on any atom is -0.394 e. The fraction of sp³-hybridized carbons (Fsp3) is 0.538. The van der Waals surface area contributed by atoms with Gasteiger partial charge in [-0.3, -0.25) is 0 Å². The molecule has 1 aromatic rings. The van der Waals surface area contributed by atoms with Crippen molar-refractivity contribution in [2.45, 2.75) is 33.5 Å². The van der Waals surface area contributed by atoms with Gasteiger partial charge in [-0.15, -0.1) is 0 Å². The van der Waals surface area contributed by atoms with E-state index < -0.39 is 8.56 Å². The van der Waals surface area contributed by atoms with Crippen molar-refractivity contribution in [3.05, 3.63) is 34.9 Å². The third kappa shape index (κ3) is 6.22. The van der Waals surface area contributed by atoms with E-state index in [0.717, 1.165) is 17.2 Å². The average Bonchev–Trinajstić information content (AvgIpc) is 2.26. The monoisotopic (exact) mass is 272 g/mol. The molecule has 0 aliphatic heterocycles. The fourth-order valence-corrected chi connectivity index (χ4v) is 2.71. The number of hydrogen-bond acceptors (Lipinski definition) is 2. The summed E-state index contributed by atoms with van der Waals surface area (Å²) in [5.41, 5.74) is 1.13. The van der Waals surface area contributed by atoms with Gasteiger partial charge in [0.05, 0.1) is 6.61 Å². The molecule has 0 saturated heterocycles. The summed E-state index contributed by atoms with van der Waals surface area (Å²) >= 11 is 5.83. The van der Waals surface area contributed by atoms with Gasteiger partial charge < -0.3 is 8.85 Å². The summed E-state index contributed by atoms with van der Waals surface area (Å²) < 4.78 is 11.7. The lowest BCUT2D eigenvalue weighted by molar-refractivity contribution is 0.155. The van der Waals surface area contributed by atoms with Crippen LogP contribution in [0.3, 0.4) is 0 Å². The molecule has 0 heterocycles. The summed E-state index contributed by atoms with van der Waals surface area (Å²) in [4.78, 5) is 0. The second-order valence-electron chi connectivity index (χ2n) is 5.02. The molecule has 0 radical (unpaired) electrons. The highest BCUT2D eigenvalue weighted by molar-refractivity contribution is 6.64. The van der Waals surface area contributed by atoms with Gasteiger partial charge >= 0.3 is 8.56 Å². The number of halogens is 1. The van der Waals surface area contributed by atoms with Crippen molar-refractivity contribution in [2.75, 3.05) is 6.61 Å². The molecule has 0 spiro atoms. The van der Waals surface area contributed by atoms with Crippen molar-refractivity contribution in [1.29, 1.82) is 0 Å². The molecule has 0 aliphatic carbocycles. The molecular weight excluding hydrogens is 252 g/mol. The molecule has 0 fully saturated rings. The van der Waals surface area contributed by atoms with Crippen molar-refractivity contribution < 1.29 is 8.85 Å². The lowest BCUT2D eigenvalue weighted by Crippen LogP contribution is -2.35. The van der Waals surface area contributed by atoms with Crippen LogP contribution in [0.1, 0.15) is 19.4 Å². The van der Waals surface area contributed by atoms with Gasteiger partial charge in [-0.2, -0.15) is 0 Å². The molecule has 2 nitrogen and oxygen atoms in total. The Hall–Kier alpha value is -0.353. The molecule has 0 bridgehead atoms. The molecule has 4 heteroatoms. The lowest BCUT2D eigenvalue weighted by Gasteiger charge is -2.24. The van der Waals surface area contributed by atoms with Crippen LogP contribution in [0.4, 0.5) is 0 Å². The minimum absolute atomic E-state index is 0.543. The maximum Gasteiger partial charge on any atom is 0.332 e. The van der Waals surface area contributed by atoms with Crippen LogP contribution in [0.5, 0.6) is 0 Å². The average molecular weight is 273 g/mol. The quantitative estimate of drug-likeness (QED) is 0.722. The van der Waals surface area contributed by atoms with E-state index in [1.807, 2.05) is 24.3 Å². The second kappa shape index (κ2) is 6.54. The summed E-state index contributed by atoms with van der Waals surface area (Å²) in [6.07, 6.45) is 0.